The Kier molecular flexibility index (Phi) is 4.27. The summed E-state index contributed by atoms with van der Waals surface area (Å²) in [6.07, 6.45) is 1.49. The molecule has 1 unspecified atom stereocenters. The van der Waals surface area contributed by atoms with Gasteiger partial charge >= 0.3 is 6.03 Å². The molecule has 0 heterocycles. The molecule has 0 aromatic heterocycles. The van der Waals surface area contributed by atoms with E-state index in [0.717, 1.165) is 12.8 Å². The first-order valence-corrected chi connectivity index (χ1v) is 6.51. The maximum atomic E-state index is 13.6. The van der Waals surface area contributed by atoms with Crippen molar-refractivity contribution in [3.63, 3.8) is 0 Å². The first-order valence-electron chi connectivity index (χ1n) is 6.13. The monoisotopic (exact) mass is 286 g/mol. The largest absolute Gasteiger partial charge is 0.391 e. The zero-order valence-electron chi connectivity index (χ0n) is 10.6. The van der Waals surface area contributed by atoms with E-state index in [-0.39, 0.29) is 23.2 Å². The highest BCUT2D eigenvalue weighted by atomic mass is 35.5. The van der Waals surface area contributed by atoms with E-state index in [0.29, 0.717) is 0 Å². The van der Waals surface area contributed by atoms with Gasteiger partial charge in [-0.05, 0) is 30.9 Å². The Morgan fingerprint density at radius 3 is 2.95 bits per heavy atom. The average molecular weight is 287 g/mol. The summed E-state index contributed by atoms with van der Waals surface area (Å²) in [6, 6.07) is 3.93. The molecule has 104 valence electrons. The van der Waals surface area contributed by atoms with Crippen molar-refractivity contribution in [2.45, 2.75) is 18.9 Å². The van der Waals surface area contributed by atoms with Crippen LogP contribution in [0.5, 0.6) is 0 Å². The van der Waals surface area contributed by atoms with E-state index in [2.05, 4.69) is 5.32 Å². The lowest BCUT2D eigenvalue weighted by Crippen LogP contribution is -2.38. The van der Waals surface area contributed by atoms with Crippen molar-refractivity contribution in [1.82, 2.24) is 4.90 Å². The van der Waals surface area contributed by atoms with Crippen LogP contribution in [0.25, 0.3) is 0 Å². The fourth-order valence-electron chi connectivity index (χ4n) is 1.80. The topological polar surface area (TPSA) is 52.6 Å². The number of aliphatic hydroxyl groups is 1. The second-order valence-electron chi connectivity index (χ2n) is 4.82. The normalized spacial score (nSPS) is 16.0. The number of carbonyl (C=O) groups excluding carboxylic acids is 1. The molecule has 6 heteroatoms. The molecule has 1 aromatic rings. The van der Waals surface area contributed by atoms with Gasteiger partial charge in [0.25, 0.3) is 0 Å². The summed E-state index contributed by atoms with van der Waals surface area (Å²) in [5, 5.41) is 12.1. The van der Waals surface area contributed by atoms with Crippen LogP contribution in [0.1, 0.15) is 12.8 Å². The summed E-state index contributed by atoms with van der Waals surface area (Å²) < 4.78 is 13.6. The van der Waals surface area contributed by atoms with Crippen molar-refractivity contribution in [1.29, 1.82) is 0 Å². The van der Waals surface area contributed by atoms with Crippen LogP contribution in [0.2, 0.25) is 5.02 Å². The van der Waals surface area contributed by atoms with Gasteiger partial charge in [-0.2, -0.15) is 0 Å². The molecule has 1 aromatic carbocycles. The summed E-state index contributed by atoms with van der Waals surface area (Å²) in [5.74, 6) is -0.369. The zero-order valence-corrected chi connectivity index (χ0v) is 11.3. The molecule has 1 aliphatic rings. The van der Waals surface area contributed by atoms with Crippen molar-refractivity contribution in [2.75, 3.05) is 18.9 Å². The number of nitrogens with one attached hydrogen (secondary N) is 1. The summed E-state index contributed by atoms with van der Waals surface area (Å²) in [7, 11) is 1.56. The minimum absolute atomic E-state index is 0.0326. The van der Waals surface area contributed by atoms with Crippen molar-refractivity contribution in [3.05, 3.63) is 29.0 Å². The lowest BCUT2D eigenvalue weighted by atomic mass is 10.2. The van der Waals surface area contributed by atoms with Gasteiger partial charge in [-0.1, -0.05) is 17.7 Å². The molecule has 19 heavy (non-hydrogen) atoms. The second-order valence-corrected chi connectivity index (χ2v) is 5.22. The van der Waals surface area contributed by atoms with E-state index in [1.165, 1.54) is 17.0 Å². The molecule has 2 amide bonds. The molecule has 1 atom stereocenters. The molecule has 1 fully saturated rings. The van der Waals surface area contributed by atoms with Gasteiger partial charge < -0.3 is 15.3 Å². The van der Waals surface area contributed by atoms with Crippen LogP contribution in [-0.4, -0.2) is 35.7 Å². The van der Waals surface area contributed by atoms with Crippen LogP contribution in [0.4, 0.5) is 14.9 Å². The Labute approximate surface area is 116 Å². The highest BCUT2D eigenvalue weighted by Crippen LogP contribution is 2.32. The maximum absolute atomic E-state index is 13.6. The van der Waals surface area contributed by atoms with Crippen molar-refractivity contribution >= 4 is 23.3 Å². The first kappa shape index (κ1) is 14.1. The maximum Gasteiger partial charge on any atom is 0.321 e. The van der Waals surface area contributed by atoms with Crippen LogP contribution in [0.3, 0.4) is 0 Å². The van der Waals surface area contributed by atoms with E-state index >= 15 is 0 Å². The SMILES string of the molecule is CN(CC(O)C1CC1)C(=O)Nc1cccc(Cl)c1F. The van der Waals surface area contributed by atoms with Gasteiger partial charge in [0.05, 0.1) is 16.8 Å². The van der Waals surface area contributed by atoms with Gasteiger partial charge in [0, 0.05) is 13.6 Å². The molecular formula is C13H16ClFN2O2. The lowest BCUT2D eigenvalue weighted by Gasteiger charge is -2.21. The van der Waals surface area contributed by atoms with Gasteiger partial charge in [0.15, 0.2) is 5.82 Å². The number of nitrogens with zero attached hydrogens (tertiary/aromatic N) is 1. The van der Waals surface area contributed by atoms with E-state index in [4.69, 9.17) is 11.6 Å². The third-order valence-corrected chi connectivity index (χ3v) is 3.46. The standard InChI is InChI=1S/C13H16ClFN2O2/c1-17(7-11(18)8-5-6-8)13(19)16-10-4-2-3-9(14)12(10)15/h2-4,8,11,18H,5-7H2,1H3,(H,16,19). The highest BCUT2D eigenvalue weighted by molar-refractivity contribution is 6.31. The fraction of sp³-hybridized carbons (Fsp3) is 0.462. The molecule has 1 aliphatic carbocycles. The second kappa shape index (κ2) is 5.75. The summed E-state index contributed by atoms with van der Waals surface area (Å²) in [4.78, 5) is 13.2. The Hall–Kier alpha value is -1.33. The average Bonchev–Trinajstić information content (AvgIpc) is 3.18. The van der Waals surface area contributed by atoms with Crippen molar-refractivity contribution in [2.24, 2.45) is 5.92 Å². The predicted molar refractivity (Wildman–Crippen MR) is 71.8 cm³/mol. The van der Waals surface area contributed by atoms with E-state index in [1.807, 2.05) is 0 Å². The molecule has 4 nitrogen and oxygen atoms in total. The van der Waals surface area contributed by atoms with Gasteiger partial charge in [0.1, 0.15) is 0 Å². The van der Waals surface area contributed by atoms with Gasteiger partial charge in [0.2, 0.25) is 0 Å². The van der Waals surface area contributed by atoms with Crippen molar-refractivity contribution in [3.8, 4) is 0 Å². The molecule has 0 radical (unpaired) electrons. The number of rotatable bonds is 4. The summed E-state index contributed by atoms with van der Waals surface area (Å²) >= 11 is 5.63. The molecule has 2 N–H and O–H groups in total. The number of hydrogen-bond acceptors (Lipinski definition) is 2. The Morgan fingerprint density at radius 2 is 2.32 bits per heavy atom. The number of carbonyl (C=O) groups is 1. The van der Waals surface area contributed by atoms with Crippen LogP contribution in [-0.2, 0) is 0 Å². The van der Waals surface area contributed by atoms with Gasteiger partial charge in [-0.3, -0.25) is 0 Å². The number of anilines is 1. The molecule has 0 bridgehead atoms. The molecule has 0 spiro atoms. The van der Waals surface area contributed by atoms with Crippen LogP contribution >= 0.6 is 11.6 Å². The molecule has 0 aliphatic heterocycles. The number of halogens is 2. The Morgan fingerprint density at radius 1 is 1.63 bits per heavy atom. The van der Waals surface area contributed by atoms with Gasteiger partial charge in [-0.25, -0.2) is 9.18 Å². The summed E-state index contributed by atoms with van der Waals surface area (Å²) in [5.41, 5.74) is 0.0326. The van der Waals surface area contributed by atoms with Crippen LogP contribution in [0, 0.1) is 11.7 Å². The Bertz CT molecular complexity index is 480. The number of benzene rings is 1. The lowest BCUT2D eigenvalue weighted by molar-refractivity contribution is 0.117. The molecular weight excluding hydrogens is 271 g/mol. The van der Waals surface area contributed by atoms with E-state index < -0.39 is 18.0 Å². The third kappa shape index (κ3) is 3.58. The third-order valence-electron chi connectivity index (χ3n) is 3.17. The minimum Gasteiger partial charge on any atom is -0.391 e. The van der Waals surface area contributed by atoms with E-state index in [9.17, 15) is 14.3 Å². The zero-order chi connectivity index (χ0) is 14.0. The van der Waals surface area contributed by atoms with Crippen LogP contribution < -0.4 is 5.32 Å². The number of amides is 2. The number of hydrogen-bond donors (Lipinski definition) is 2. The fourth-order valence-corrected chi connectivity index (χ4v) is 1.98. The smallest absolute Gasteiger partial charge is 0.321 e. The molecule has 0 saturated heterocycles. The first-order chi connectivity index (χ1) is 8.99. The quantitative estimate of drug-likeness (QED) is 0.894. The number of urea groups is 1. The molecule has 2 rings (SSSR count). The Balaban J connectivity index is 1.94. The number of likely N-dealkylation sites (N-methyl/N-ethyl adjacent to an activating group) is 1. The minimum atomic E-state index is -0.659. The van der Waals surface area contributed by atoms with Crippen LogP contribution in [0.15, 0.2) is 18.2 Å². The summed E-state index contributed by atoms with van der Waals surface area (Å²) in [6.45, 7) is 0.235. The predicted octanol–water partition coefficient (Wildman–Crippen LogP) is 2.71. The van der Waals surface area contributed by atoms with E-state index in [1.54, 1.807) is 13.1 Å². The highest BCUT2D eigenvalue weighted by Gasteiger charge is 2.31. The number of aliphatic hydroxyl groups excluding tert-OH is 1. The molecule has 1 saturated carbocycles. The van der Waals surface area contributed by atoms with Gasteiger partial charge in [-0.15, -0.1) is 0 Å². The van der Waals surface area contributed by atoms with Crippen molar-refractivity contribution < 1.29 is 14.3 Å².